The molecule has 3 aromatic heterocycles. The Bertz CT molecular complexity index is 660. The summed E-state index contributed by atoms with van der Waals surface area (Å²) in [6.07, 6.45) is 5.45. The van der Waals surface area contributed by atoms with Gasteiger partial charge >= 0.3 is 0 Å². The first-order valence-electron chi connectivity index (χ1n) is 6.26. The van der Waals surface area contributed by atoms with E-state index >= 15 is 0 Å². The molecule has 0 aromatic carbocycles. The quantitative estimate of drug-likeness (QED) is 0.674. The minimum atomic E-state index is 0.593. The molecule has 0 amide bonds. The first-order valence-corrected chi connectivity index (χ1v) is 7.67. The number of thiophene rings is 1. The molecule has 0 fully saturated rings. The van der Waals surface area contributed by atoms with Gasteiger partial charge in [0.05, 0.1) is 11.7 Å². The molecular formula is C14H14ClN3S. The van der Waals surface area contributed by atoms with Crippen LogP contribution < -0.4 is 0 Å². The maximum Gasteiger partial charge on any atom is 0.111 e. The molecule has 19 heavy (non-hydrogen) atoms. The number of pyridine rings is 1. The van der Waals surface area contributed by atoms with Crippen LogP contribution in [-0.4, -0.2) is 20.4 Å². The van der Waals surface area contributed by atoms with Gasteiger partial charge in [-0.3, -0.25) is 4.98 Å². The van der Waals surface area contributed by atoms with Crippen LogP contribution in [0.1, 0.15) is 10.7 Å². The molecule has 0 N–H and O–H groups in total. The third-order valence-corrected chi connectivity index (χ3v) is 4.23. The second-order valence-electron chi connectivity index (χ2n) is 4.31. The predicted molar refractivity (Wildman–Crippen MR) is 80.0 cm³/mol. The van der Waals surface area contributed by atoms with E-state index in [4.69, 9.17) is 11.6 Å². The highest BCUT2D eigenvalue weighted by atomic mass is 35.5. The lowest BCUT2D eigenvalue weighted by molar-refractivity contribution is 0.679. The standard InChI is InChI=1S/C14H14ClN3S/c15-6-3-14-17-12-10-16-7-4-13(12)18(14)8-5-11-2-1-9-19-11/h1-2,4,7,9-10H,3,5-6,8H2. The lowest BCUT2D eigenvalue weighted by Crippen LogP contribution is -2.06. The molecule has 0 radical (unpaired) electrons. The number of hydrogen-bond donors (Lipinski definition) is 0. The monoisotopic (exact) mass is 291 g/mol. The average Bonchev–Trinajstić information content (AvgIpc) is 3.04. The summed E-state index contributed by atoms with van der Waals surface area (Å²) in [6, 6.07) is 6.29. The molecule has 0 atom stereocenters. The van der Waals surface area contributed by atoms with Crippen molar-refractivity contribution in [2.24, 2.45) is 0 Å². The van der Waals surface area contributed by atoms with Crippen molar-refractivity contribution in [3.63, 3.8) is 0 Å². The molecule has 0 spiro atoms. The van der Waals surface area contributed by atoms with Gasteiger partial charge in [0.1, 0.15) is 11.3 Å². The van der Waals surface area contributed by atoms with Crippen LogP contribution in [0.5, 0.6) is 0 Å². The van der Waals surface area contributed by atoms with E-state index in [1.54, 1.807) is 11.3 Å². The highest BCUT2D eigenvalue weighted by Gasteiger charge is 2.10. The molecule has 3 heterocycles. The highest BCUT2D eigenvalue weighted by Crippen LogP contribution is 2.18. The fraction of sp³-hybridized carbons (Fsp3) is 0.286. The van der Waals surface area contributed by atoms with E-state index in [1.165, 1.54) is 4.88 Å². The molecule has 0 bridgehead atoms. The second kappa shape index (κ2) is 5.72. The van der Waals surface area contributed by atoms with Crippen molar-refractivity contribution >= 4 is 34.0 Å². The zero-order valence-electron chi connectivity index (χ0n) is 10.4. The smallest absolute Gasteiger partial charge is 0.111 e. The van der Waals surface area contributed by atoms with E-state index in [0.717, 1.165) is 36.2 Å². The largest absolute Gasteiger partial charge is 0.327 e. The van der Waals surface area contributed by atoms with Crippen molar-refractivity contribution in [1.82, 2.24) is 14.5 Å². The van der Waals surface area contributed by atoms with Crippen LogP contribution in [0.3, 0.4) is 0 Å². The molecule has 98 valence electrons. The number of imidazole rings is 1. The first-order chi connectivity index (χ1) is 9.38. The van der Waals surface area contributed by atoms with Crippen molar-refractivity contribution in [2.75, 3.05) is 5.88 Å². The number of nitrogens with zero attached hydrogens (tertiary/aromatic N) is 3. The Kier molecular flexibility index (Phi) is 3.80. The minimum absolute atomic E-state index is 0.593. The van der Waals surface area contributed by atoms with Gasteiger partial charge in [-0.25, -0.2) is 4.98 Å². The van der Waals surface area contributed by atoms with E-state index < -0.39 is 0 Å². The Morgan fingerprint density at radius 3 is 3.00 bits per heavy atom. The maximum atomic E-state index is 5.87. The number of aromatic nitrogens is 3. The zero-order valence-corrected chi connectivity index (χ0v) is 12.0. The summed E-state index contributed by atoms with van der Waals surface area (Å²) >= 11 is 7.67. The van der Waals surface area contributed by atoms with E-state index in [0.29, 0.717) is 5.88 Å². The van der Waals surface area contributed by atoms with E-state index in [-0.39, 0.29) is 0 Å². The molecule has 0 aliphatic carbocycles. The molecule has 3 nitrogen and oxygen atoms in total. The third-order valence-electron chi connectivity index (χ3n) is 3.11. The van der Waals surface area contributed by atoms with Crippen LogP contribution in [0.2, 0.25) is 0 Å². The number of rotatable bonds is 5. The van der Waals surface area contributed by atoms with Crippen LogP contribution in [0.25, 0.3) is 11.0 Å². The summed E-state index contributed by atoms with van der Waals surface area (Å²) in [5, 5.41) is 2.12. The van der Waals surface area contributed by atoms with Gasteiger partial charge in [-0.15, -0.1) is 22.9 Å². The van der Waals surface area contributed by atoms with Crippen molar-refractivity contribution in [2.45, 2.75) is 19.4 Å². The number of alkyl halides is 1. The van der Waals surface area contributed by atoms with Crippen molar-refractivity contribution < 1.29 is 0 Å². The van der Waals surface area contributed by atoms with Crippen LogP contribution in [0.15, 0.2) is 36.0 Å². The molecule has 3 rings (SSSR count). The molecule has 0 unspecified atom stereocenters. The number of aryl methyl sites for hydroxylation is 3. The van der Waals surface area contributed by atoms with Crippen molar-refractivity contribution in [3.05, 3.63) is 46.7 Å². The Morgan fingerprint density at radius 2 is 2.21 bits per heavy atom. The van der Waals surface area contributed by atoms with Gasteiger partial charge in [0.2, 0.25) is 0 Å². The lowest BCUT2D eigenvalue weighted by Gasteiger charge is -2.07. The predicted octanol–water partition coefficient (Wildman–Crippen LogP) is 3.52. The van der Waals surface area contributed by atoms with E-state index in [2.05, 4.69) is 32.0 Å². The normalized spacial score (nSPS) is 11.2. The highest BCUT2D eigenvalue weighted by molar-refractivity contribution is 7.09. The third kappa shape index (κ3) is 2.65. The fourth-order valence-corrected chi connectivity index (χ4v) is 3.10. The number of halogens is 1. The summed E-state index contributed by atoms with van der Waals surface area (Å²) < 4.78 is 2.26. The number of fused-ring (bicyclic) bond motifs is 1. The molecule has 3 aromatic rings. The van der Waals surface area contributed by atoms with Gasteiger partial charge < -0.3 is 4.57 Å². The molecule has 0 saturated heterocycles. The van der Waals surface area contributed by atoms with Crippen molar-refractivity contribution in [3.8, 4) is 0 Å². The lowest BCUT2D eigenvalue weighted by atomic mass is 10.3. The Balaban J connectivity index is 1.92. The van der Waals surface area contributed by atoms with Gasteiger partial charge in [0.25, 0.3) is 0 Å². The maximum absolute atomic E-state index is 5.87. The fourth-order valence-electron chi connectivity index (χ4n) is 2.23. The molecule has 5 heteroatoms. The Morgan fingerprint density at radius 1 is 1.26 bits per heavy atom. The van der Waals surface area contributed by atoms with Crippen LogP contribution in [0.4, 0.5) is 0 Å². The SMILES string of the molecule is ClCCc1nc2cnccc2n1CCc1cccs1. The summed E-state index contributed by atoms with van der Waals surface area (Å²) in [6.45, 7) is 0.938. The summed E-state index contributed by atoms with van der Waals surface area (Å²) in [5.41, 5.74) is 2.10. The summed E-state index contributed by atoms with van der Waals surface area (Å²) in [7, 11) is 0. The molecule has 0 saturated carbocycles. The first kappa shape index (κ1) is 12.6. The van der Waals surface area contributed by atoms with E-state index in [1.807, 2.05) is 18.5 Å². The average molecular weight is 292 g/mol. The molecule has 0 aliphatic rings. The van der Waals surface area contributed by atoms with Crippen LogP contribution in [-0.2, 0) is 19.4 Å². The second-order valence-corrected chi connectivity index (χ2v) is 5.72. The molecular weight excluding hydrogens is 278 g/mol. The van der Waals surface area contributed by atoms with Gasteiger partial charge in [-0.05, 0) is 23.9 Å². The minimum Gasteiger partial charge on any atom is -0.327 e. The zero-order chi connectivity index (χ0) is 13.1. The molecule has 0 aliphatic heterocycles. The van der Waals surface area contributed by atoms with Gasteiger partial charge in [0.15, 0.2) is 0 Å². The van der Waals surface area contributed by atoms with Gasteiger partial charge in [0, 0.05) is 29.9 Å². The topological polar surface area (TPSA) is 30.7 Å². The van der Waals surface area contributed by atoms with Crippen molar-refractivity contribution in [1.29, 1.82) is 0 Å². The summed E-state index contributed by atoms with van der Waals surface area (Å²) in [5.74, 6) is 1.64. The van der Waals surface area contributed by atoms with Gasteiger partial charge in [-0.2, -0.15) is 0 Å². The Hall–Kier alpha value is -1.39. The van der Waals surface area contributed by atoms with E-state index in [9.17, 15) is 0 Å². The van der Waals surface area contributed by atoms with Gasteiger partial charge in [-0.1, -0.05) is 6.07 Å². The Labute approximate surface area is 120 Å². The number of hydrogen-bond acceptors (Lipinski definition) is 3. The summed E-state index contributed by atoms with van der Waals surface area (Å²) in [4.78, 5) is 10.1. The van der Waals surface area contributed by atoms with Crippen LogP contribution >= 0.6 is 22.9 Å². The van der Waals surface area contributed by atoms with Crippen LogP contribution in [0, 0.1) is 0 Å².